The van der Waals surface area contributed by atoms with Crippen LogP contribution in [0.4, 0.5) is 0 Å². The molecule has 2 aromatic heterocycles. The Balaban J connectivity index is 0.000000187. The Hall–Kier alpha value is -15.0. The summed E-state index contributed by atoms with van der Waals surface area (Å²) in [5.41, 5.74) is -1.73. The van der Waals surface area contributed by atoms with Gasteiger partial charge in [0.1, 0.15) is 11.5 Å². The number of nitrogens with zero attached hydrogens (tertiary/aromatic N) is 2. The predicted molar refractivity (Wildman–Crippen MR) is 415 cm³/mol. The van der Waals surface area contributed by atoms with Gasteiger partial charge in [-0.05, 0) is 190 Å². The number of phenolic OH excluding ortho intramolecular Hbond substituents is 14. The molecule has 0 fully saturated rings. The molecule has 36 nitrogen and oxygen atoms in total. The minimum atomic E-state index is -5.30. The van der Waals surface area contributed by atoms with Crippen LogP contribution in [0.5, 0.6) is 103 Å². The Kier molecular flexibility index (Phi) is 19.4. The first-order chi connectivity index (χ1) is 56.4. The van der Waals surface area contributed by atoms with Crippen molar-refractivity contribution in [3.63, 3.8) is 0 Å². The second kappa shape index (κ2) is 29.0. The van der Waals surface area contributed by atoms with Crippen molar-refractivity contribution in [1.82, 2.24) is 9.13 Å². The van der Waals surface area contributed by atoms with Crippen molar-refractivity contribution >= 4 is 87.0 Å². The number of hydrogen-bond acceptors (Lipinski definition) is 30. The number of rotatable bonds is 18. The fraction of sp³-hybridized carbons (Fsp3) is 0.0500. The minimum absolute atomic E-state index is 0.00169. The highest BCUT2D eigenvalue weighted by Crippen LogP contribution is 2.51. The van der Waals surface area contributed by atoms with Gasteiger partial charge in [-0.3, -0.25) is 37.4 Å². The van der Waals surface area contributed by atoms with Gasteiger partial charge in [0.2, 0.25) is 0 Å². The Bertz CT molecular complexity index is 7350. The monoisotopic (exact) mass is 1710 g/mol. The van der Waals surface area contributed by atoms with Crippen LogP contribution in [0.25, 0.3) is 66.8 Å². The molecule has 0 amide bonds. The summed E-state index contributed by atoms with van der Waals surface area (Å²) < 4.78 is 155. The smallest absolute Gasteiger partial charge is 0.446 e. The van der Waals surface area contributed by atoms with Gasteiger partial charge in [-0.1, -0.05) is 48.5 Å². The van der Waals surface area contributed by atoms with E-state index in [2.05, 4.69) is 16.7 Å². The van der Waals surface area contributed by atoms with Gasteiger partial charge < -0.3 is 97.4 Å². The molecule has 120 heavy (non-hydrogen) atoms. The number of ketones is 4. The Morgan fingerprint density at radius 3 is 0.733 bits per heavy atom. The normalized spacial score (nSPS) is 13.4. The predicted octanol–water partition coefficient (Wildman–Crippen LogP) is 6.32. The zero-order chi connectivity index (χ0) is 86.3. The van der Waals surface area contributed by atoms with E-state index in [4.69, 9.17) is 0 Å². The van der Waals surface area contributed by atoms with Gasteiger partial charge >= 0.3 is 41.6 Å². The van der Waals surface area contributed by atoms with Crippen molar-refractivity contribution in [2.24, 2.45) is 0 Å². The molecule has 0 saturated carbocycles. The molecule has 0 spiro atoms. The summed E-state index contributed by atoms with van der Waals surface area (Å²) in [6.45, 7) is -0.290. The first-order valence-corrected chi connectivity index (χ1v) is 39.9. The second-order valence-corrected chi connectivity index (χ2v) is 31.3. The van der Waals surface area contributed by atoms with E-state index in [1.807, 2.05) is 0 Å². The van der Waals surface area contributed by atoms with Gasteiger partial charge in [0, 0.05) is 57.6 Å². The number of benzene rings is 10. The standard InChI is InChI=1S/2C40H27NO17S2/c42-20-5-1-17(2-6-20)9-10-41-37-33(18-3-7-25(43)27(45)11-18)40(50)24-15-30(48)32(58-60(54,55)56)16-22(24)36(37)35-21-13-28(46)29(47)14-23(21)39(49)34(38(35)41)19-4-8-26(44)31(12-19)57-59(51,52)53;42-20-5-1-17(2-6-20)9-10-41-37-33(18-3-7-25(43)27(45)11-18)39(49)23-14-29(47)28(46)13-21(23)35(37)36-22-16-32(58-60(54,55)56)30(48)15-24(22)40(50)34(38(36)41)19-4-8-26(44)31(12-19)57-59(51,52)53/h2*1-8,11-16,42-48H,9-10H2,(H,51,52,53)(H,54,55,56). The number of carbonyl (C=O) groups is 4. The van der Waals surface area contributed by atoms with Gasteiger partial charge in [-0.25, -0.2) is 0 Å². The average molecular weight is 1720 g/mol. The number of aromatic nitrogens is 2. The number of aromatic hydroxyl groups is 14. The lowest BCUT2D eigenvalue weighted by Gasteiger charge is -2.22. The molecule has 18 N–H and O–H groups in total. The fourth-order valence-electron chi connectivity index (χ4n) is 14.9. The SMILES string of the molecule is O=C1C(c2ccc(O)c(O)c2)=c2c(c3c(n2CCc2ccc(O)cc2)=C(c2ccc(O)c(OS(=O)(=O)O)c2)C(=O)c2cc(O)c(OS(=O)(=O)O)cc2-3)-c2cc(O)c(O)cc21.O=C1C(c2ccc(O)c(OS(=O)(=O)O)c2)=c2c(c3c(n2CCc2ccc(O)cc2)=C(c2ccc(O)c(O)c2)C(=O)c2cc(O)c(OS(=O)(=O)O)cc2-3)-c2cc(O)c(O)cc21. The lowest BCUT2D eigenvalue weighted by molar-refractivity contribution is 0.104. The zero-order valence-corrected chi connectivity index (χ0v) is 63.4. The van der Waals surface area contributed by atoms with Gasteiger partial charge in [0.25, 0.3) is 0 Å². The van der Waals surface area contributed by atoms with E-state index in [1.54, 1.807) is 24.3 Å². The maximum atomic E-state index is 15.0. The Morgan fingerprint density at radius 2 is 0.467 bits per heavy atom. The molecule has 0 radical (unpaired) electrons. The highest BCUT2D eigenvalue weighted by atomic mass is 32.3. The van der Waals surface area contributed by atoms with E-state index in [0.29, 0.717) is 11.1 Å². The molecule has 12 aromatic rings. The minimum Gasteiger partial charge on any atom is -0.508 e. The summed E-state index contributed by atoms with van der Waals surface area (Å²) in [4.78, 5) is 59.5. The molecule has 0 unspecified atom stereocenters. The van der Waals surface area contributed by atoms with Crippen LogP contribution in [0.1, 0.15) is 74.8 Å². The summed E-state index contributed by atoms with van der Waals surface area (Å²) in [6, 6.07) is 32.6. The van der Waals surface area contributed by atoms with Gasteiger partial charge in [-0.15, -0.1) is 0 Å². The van der Waals surface area contributed by atoms with E-state index in [0.717, 1.165) is 97.1 Å². The molecule has 0 saturated heterocycles. The third kappa shape index (κ3) is 14.6. The molecule has 4 aliphatic carbocycles. The summed E-state index contributed by atoms with van der Waals surface area (Å²) in [6.07, 6.45) is 0.190. The van der Waals surface area contributed by atoms with Gasteiger partial charge in [0.05, 0.1) is 43.7 Å². The molecule has 40 heteroatoms. The van der Waals surface area contributed by atoms with E-state index < -0.39 is 157 Å². The van der Waals surface area contributed by atoms with E-state index in [9.17, 15) is 143 Å². The summed E-state index contributed by atoms with van der Waals surface area (Å²) in [5.74, 6) is -15.6. The average Bonchev–Trinajstić information content (AvgIpc) is 1.53. The van der Waals surface area contributed by atoms with Crippen molar-refractivity contribution < 1.29 is 159 Å². The van der Waals surface area contributed by atoms with Crippen LogP contribution in [0.3, 0.4) is 0 Å². The second-order valence-electron chi connectivity index (χ2n) is 27.2. The van der Waals surface area contributed by atoms with Crippen molar-refractivity contribution in [3.05, 3.63) is 247 Å². The molecular formula is C80H54N2O34S4. The van der Waals surface area contributed by atoms with Crippen LogP contribution >= 0.6 is 0 Å². The highest BCUT2D eigenvalue weighted by Gasteiger charge is 2.42. The third-order valence-corrected chi connectivity index (χ3v) is 21.4. The molecule has 0 aliphatic heterocycles. The summed E-state index contributed by atoms with van der Waals surface area (Å²) in [5, 5.41) is 148. The van der Waals surface area contributed by atoms with E-state index in [-0.39, 0.29) is 170 Å². The molecule has 16 rings (SSSR count). The van der Waals surface area contributed by atoms with Crippen LogP contribution < -0.4 is 38.1 Å². The number of fused-ring (bicyclic) bond motifs is 14. The Morgan fingerprint density at radius 1 is 0.242 bits per heavy atom. The highest BCUT2D eigenvalue weighted by molar-refractivity contribution is 7.82. The third-order valence-electron chi connectivity index (χ3n) is 19.8. The van der Waals surface area contributed by atoms with Crippen LogP contribution in [0, 0.1) is 0 Å². The molecule has 2 heterocycles. The Labute approximate surface area is 672 Å². The zero-order valence-electron chi connectivity index (χ0n) is 60.1. The van der Waals surface area contributed by atoms with E-state index >= 15 is 0 Å². The molecule has 10 aromatic carbocycles. The lowest BCUT2D eigenvalue weighted by atomic mass is 9.79. The molecule has 4 aliphatic rings. The molecule has 0 atom stereocenters. The van der Waals surface area contributed by atoms with Gasteiger partial charge in [0.15, 0.2) is 115 Å². The van der Waals surface area contributed by atoms with Crippen molar-refractivity contribution in [3.8, 4) is 148 Å². The lowest BCUT2D eigenvalue weighted by Crippen LogP contribution is -2.36. The van der Waals surface area contributed by atoms with Crippen LogP contribution in [0.2, 0.25) is 0 Å². The number of aryl methyl sites for hydroxylation is 2. The number of carbonyl (C=O) groups excluding carboxylic acids is 4. The number of phenols is 14. The first kappa shape index (κ1) is 80.2. The largest absolute Gasteiger partial charge is 0.508 e. The maximum Gasteiger partial charge on any atom is 0.446 e. The van der Waals surface area contributed by atoms with Crippen molar-refractivity contribution in [1.29, 1.82) is 0 Å². The van der Waals surface area contributed by atoms with E-state index in [1.165, 1.54) is 57.7 Å². The van der Waals surface area contributed by atoms with Crippen molar-refractivity contribution in [2.75, 3.05) is 0 Å². The van der Waals surface area contributed by atoms with Crippen LogP contribution in [-0.2, 0) is 67.5 Å². The number of Topliss-reactive ketones (excluding diaryl/α,β-unsaturated/α-hetero) is 4. The fourth-order valence-corrected chi connectivity index (χ4v) is 16.3. The summed E-state index contributed by atoms with van der Waals surface area (Å²) >= 11 is 0. The quantitative estimate of drug-likeness (QED) is 0.0330. The number of hydrogen-bond donors (Lipinski definition) is 18. The van der Waals surface area contributed by atoms with Crippen LogP contribution in [0.15, 0.2) is 170 Å². The maximum absolute atomic E-state index is 15.0. The van der Waals surface area contributed by atoms with Crippen LogP contribution in [-0.4, -0.2) is 156 Å². The summed E-state index contributed by atoms with van der Waals surface area (Å²) in [7, 11) is -21.1. The molecular weight excluding hydrogens is 1660 g/mol. The topological polar surface area (TPSA) is 616 Å². The van der Waals surface area contributed by atoms with Crippen molar-refractivity contribution in [2.45, 2.75) is 25.9 Å². The van der Waals surface area contributed by atoms with Gasteiger partial charge in [-0.2, -0.15) is 33.7 Å². The molecule has 612 valence electrons. The first-order valence-electron chi connectivity index (χ1n) is 34.4. The molecule has 0 bridgehead atoms.